The van der Waals surface area contributed by atoms with Crippen molar-refractivity contribution in [2.45, 2.75) is 0 Å². The van der Waals surface area contributed by atoms with E-state index in [0.29, 0.717) is 11.5 Å². The second kappa shape index (κ2) is 9.45. The van der Waals surface area contributed by atoms with Gasteiger partial charge in [0, 0.05) is 12.1 Å². The molecule has 2 N–H and O–H groups in total. The Morgan fingerprint density at radius 1 is 0.818 bits per heavy atom. The number of benzene rings is 2. The summed E-state index contributed by atoms with van der Waals surface area (Å²) in [7, 11) is 2.93. The van der Waals surface area contributed by atoms with Crippen molar-refractivity contribution in [1.29, 1.82) is 0 Å². The molecule has 0 bridgehead atoms. The van der Waals surface area contributed by atoms with Crippen LogP contribution >= 0.6 is 0 Å². The summed E-state index contributed by atoms with van der Waals surface area (Å²) < 4.78 is 9.90. The topological polar surface area (TPSA) is 76.0 Å². The Bertz CT molecular complexity index is 603. The van der Waals surface area contributed by atoms with Gasteiger partial charge in [-0.25, -0.2) is 0 Å². The van der Waals surface area contributed by atoms with Crippen LogP contribution in [-0.2, 0) is 0 Å². The molecule has 2 aromatic rings. The van der Waals surface area contributed by atoms with Crippen LogP contribution in [0.3, 0.4) is 0 Å². The number of ether oxygens (including phenoxy) is 2. The van der Waals surface area contributed by atoms with Gasteiger partial charge in [0.25, 0.3) is 0 Å². The minimum Gasteiger partial charge on any atom is -0.507 e. The van der Waals surface area contributed by atoms with Crippen molar-refractivity contribution in [2.24, 2.45) is 0 Å². The van der Waals surface area contributed by atoms with Gasteiger partial charge in [-0.3, -0.25) is 4.79 Å². The van der Waals surface area contributed by atoms with E-state index in [9.17, 15) is 15.0 Å². The molecule has 0 aliphatic carbocycles. The first-order chi connectivity index (χ1) is 9.56. The summed E-state index contributed by atoms with van der Waals surface area (Å²) in [4.78, 5) is 12.3. The van der Waals surface area contributed by atoms with Crippen LogP contribution in [0, 0.1) is 0 Å². The third-order valence-corrected chi connectivity index (χ3v) is 2.90. The Morgan fingerprint density at radius 2 is 1.18 bits per heavy atom. The number of hydrogen-bond donors (Lipinski definition) is 2. The molecule has 0 atom stereocenters. The van der Waals surface area contributed by atoms with Crippen LogP contribution in [0.2, 0.25) is 0 Å². The number of methoxy groups -OCH3 is 2. The van der Waals surface area contributed by atoms with Crippen molar-refractivity contribution in [2.75, 3.05) is 14.2 Å². The average molecular weight is 320 g/mol. The van der Waals surface area contributed by atoms with E-state index in [1.807, 2.05) is 0 Å². The average Bonchev–Trinajstić information content (AvgIpc) is 2.46. The van der Waals surface area contributed by atoms with Crippen LogP contribution in [0.25, 0.3) is 0 Å². The van der Waals surface area contributed by atoms with E-state index in [4.69, 9.17) is 9.47 Å². The summed E-state index contributed by atoms with van der Waals surface area (Å²) in [6, 6.07) is 8.70. The summed E-state index contributed by atoms with van der Waals surface area (Å²) in [5.41, 5.74) is 0.178. The largest absolute Gasteiger partial charge is 1.00 e. The molecule has 0 aliphatic heterocycles. The maximum absolute atomic E-state index is 12.3. The molecule has 0 radical (unpaired) electrons. The van der Waals surface area contributed by atoms with Crippen LogP contribution in [0.4, 0.5) is 0 Å². The molecule has 0 aromatic heterocycles. The zero-order chi connectivity index (χ0) is 14.7. The van der Waals surface area contributed by atoms with Crippen molar-refractivity contribution >= 4 is 5.78 Å². The van der Waals surface area contributed by atoms with Gasteiger partial charge in [0.15, 0.2) is 5.78 Å². The first-order valence-corrected chi connectivity index (χ1v) is 5.85. The first kappa shape index (κ1) is 21.3. The monoisotopic (exact) mass is 320 g/mol. The molecule has 2 rings (SSSR count). The number of carbonyl (C=O) groups is 1. The van der Waals surface area contributed by atoms with Gasteiger partial charge in [-0.2, -0.15) is 0 Å². The molecule has 104 valence electrons. The number of rotatable bonds is 4. The zero-order valence-corrected chi connectivity index (χ0v) is 17.1. The van der Waals surface area contributed by atoms with E-state index < -0.39 is 5.78 Å². The molecule has 0 amide bonds. The van der Waals surface area contributed by atoms with Crippen LogP contribution in [-0.4, -0.2) is 30.2 Å². The second-order valence-electron chi connectivity index (χ2n) is 4.10. The van der Waals surface area contributed by atoms with Crippen molar-refractivity contribution in [3.05, 3.63) is 47.5 Å². The number of hydrogen-bond acceptors (Lipinski definition) is 5. The first-order valence-electron chi connectivity index (χ1n) is 5.85. The molecule has 0 saturated carbocycles. The molecule has 2 aromatic carbocycles. The van der Waals surface area contributed by atoms with E-state index in [0.717, 1.165) is 0 Å². The number of aromatic hydroxyl groups is 2. The SMILES string of the molecule is COc1ccc(C(=O)c2ccc(OC)cc2O)c(O)c1.[Na+].[Na+]. The Hall–Kier alpha value is -0.690. The second-order valence-corrected chi connectivity index (χ2v) is 4.10. The molecule has 0 spiro atoms. The minimum atomic E-state index is -0.481. The normalized spacial score (nSPS) is 9.18. The fourth-order valence-corrected chi connectivity index (χ4v) is 1.81. The molecular weight excluding hydrogens is 306 g/mol. The molecule has 0 aliphatic rings. The predicted molar refractivity (Wildman–Crippen MR) is 72.8 cm³/mol. The standard InChI is InChI=1S/C15H14O5.2Na/c1-19-9-3-5-11(13(16)7-9)15(18)12-6-4-10(20-2)8-14(12)17;;/h3-8,16-17H,1-2H3;;/q;2*+1. The van der Waals surface area contributed by atoms with Gasteiger partial charge in [-0.05, 0) is 24.3 Å². The Morgan fingerprint density at radius 3 is 1.45 bits per heavy atom. The maximum atomic E-state index is 12.3. The van der Waals surface area contributed by atoms with Gasteiger partial charge in [0.05, 0.1) is 25.3 Å². The summed E-state index contributed by atoms with van der Waals surface area (Å²) in [5.74, 6) is -0.00421. The van der Waals surface area contributed by atoms with Gasteiger partial charge in [-0.15, -0.1) is 0 Å². The Labute approximate surface area is 172 Å². The molecule has 0 unspecified atom stereocenters. The van der Waals surface area contributed by atoms with E-state index in [2.05, 4.69) is 0 Å². The third-order valence-electron chi connectivity index (χ3n) is 2.90. The van der Waals surface area contributed by atoms with E-state index in [1.54, 1.807) is 12.1 Å². The molecule has 0 heterocycles. The quantitative estimate of drug-likeness (QED) is 0.449. The maximum Gasteiger partial charge on any atom is 1.00 e. The fraction of sp³-hybridized carbons (Fsp3) is 0.133. The Kier molecular flexibility index (Phi) is 9.15. The molecular formula is C15H14Na2O5+2. The summed E-state index contributed by atoms with van der Waals surface area (Å²) in [6.07, 6.45) is 0. The number of phenolic OH excluding ortho intramolecular Hbond substituents is 2. The van der Waals surface area contributed by atoms with Gasteiger partial charge in [-0.1, -0.05) is 0 Å². The van der Waals surface area contributed by atoms with Crippen LogP contribution in [0.15, 0.2) is 36.4 Å². The summed E-state index contributed by atoms with van der Waals surface area (Å²) in [6.45, 7) is 0. The van der Waals surface area contributed by atoms with Crippen LogP contribution in [0.1, 0.15) is 15.9 Å². The summed E-state index contributed by atoms with van der Waals surface area (Å²) >= 11 is 0. The molecule has 22 heavy (non-hydrogen) atoms. The Balaban J connectivity index is 0.00000220. The smallest absolute Gasteiger partial charge is 0.507 e. The van der Waals surface area contributed by atoms with Crippen molar-refractivity contribution < 1.29 is 83.6 Å². The number of carbonyl (C=O) groups excluding carboxylic acids is 1. The predicted octanol–water partition coefficient (Wildman–Crippen LogP) is -3.65. The van der Waals surface area contributed by atoms with E-state index in [1.165, 1.54) is 38.5 Å². The van der Waals surface area contributed by atoms with Gasteiger partial charge in [0.1, 0.15) is 23.0 Å². The van der Waals surface area contributed by atoms with Crippen molar-refractivity contribution in [1.82, 2.24) is 0 Å². The molecule has 7 heteroatoms. The van der Waals surface area contributed by atoms with Crippen molar-refractivity contribution in [3.8, 4) is 23.0 Å². The fourth-order valence-electron chi connectivity index (χ4n) is 1.81. The van der Waals surface area contributed by atoms with Gasteiger partial charge >= 0.3 is 59.1 Å². The molecule has 5 nitrogen and oxygen atoms in total. The minimum absolute atomic E-state index is 0. The van der Waals surface area contributed by atoms with E-state index in [-0.39, 0.29) is 81.7 Å². The van der Waals surface area contributed by atoms with E-state index >= 15 is 0 Å². The number of phenols is 2. The number of ketones is 1. The van der Waals surface area contributed by atoms with Gasteiger partial charge in [0.2, 0.25) is 0 Å². The van der Waals surface area contributed by atoms with Crippen LogP contribution in [0.5, 0.6) is 23.0 Å². The molecule has 0 saturated heterocycles. The zero-order valence-electron chi connectivity index (χ0n) is 13.1. The molecule has 0 fully saturated rings. The van der Waals surface area contributed by atoms with Crippen molar-refractivity contribution in [3.63, 3.8) is 0 Å². The third kappa shape index (κ3) is 4.65. The summed E-state index contributed by atoms with van der Waals surface area (Å²) in [5, 5.41) is 19.7. The van der Waals surface area contributed by atoms with Crippen LogP contribution < -0.4 is 68.6 Å². The van der Waals surface area contributed by atoms with Gasteiger partial charge < -0.3 is 19.7 Å².